The maximum absolute atomic E-state index is 12.7. The maximum atomic E-state index is 12.7. The SMILES string of the molecule is COCc1cc(N(C)C)nc(SCc2ccc(C(=O)N(C)Cc3ccccc3)o2)n1. The molecule has 2 aromatic heterocycles. The van der Waals surface area contributed by atoms with Gasteiger partial charge in [-0.1, -0.05) is 42.1 Å². The van der Waals surface area contributed by atoms with Crippen molar-refractivity contribution >= 4 is 23.5 Å². The number of rotatable bonds is 9. The van der Waals surface area contributed by atoms with Crippen LogP contribution >= 0.6 is 11.8 Å². The van der Waals surface area contributed by atoms with Gasteiger partial charge in [0.15, 0.2) is 10.9 Å². The number of hydrogen-bond acceptors (Lipinski definition) is 7. The van der Waals surface area contributed by atoms with E-state index in [2.05, 4.69) is 9.97 Å². The van der Waals surface area contributed by atoms with Crippen molar-refractivity contribution in [1.82, 2.24) is 14.9 Å². The Hall–Kier alpha value is -2.84. The largest absolute Gasteiger partial charge is 0.455 e. The number of ether oxygens (including phenoxy) is 1. The van der Waals surface area contributed by atoms with Crippen LogP contribution < -0.4 is 4.90 Å². The molecule has 8 heteroatoms. The highest BCUT2D eigenvalue weighted by Crippen LogP contribution is 2.24. The van der Waals surface area contributed by atoms with E-state index in [0.29, 0.717) is 35.6 Å². The smallest absolute Gasteiger partial charge is 0.289 e. The fourth-order valence-electron chi connectivity index (χ4n) is 2.80. The van der Waals surface area contributed by atoms with Crippen molar-refractivity contribution in [3.05, 3.63) is 71.3 Å². The molecule has 30 heavy (non-hydrogen) atoms. The van der Waals surface area contributed by atoms with Gasteiger partial charge in [0.05, 0.1) is 18.1 Å². The van der Waals surface area contributed by atoms with Crippen molar-refractivity contribution in [2.75, 3.05) is 33.2 Å². The summed E-state index contributed by atoms with van der Waals surface area (Å²) in [6, 6.07) is 15.3. The summed E-state index contributed by atoms with van der Waals surface area (Å²) in [5.41, 5.74) is 1.89. The third kappa shape index (κ3) is 5.84. The molecule has 158 valence electrons. The van der Waals surface area contributed by atoms with Gasteiger partial charge in [0, 0.05) is 40.9 Å². The number of nitrogens with zero attached hydrogens (tertiary/aromatic N) is 4. The molecule has 3 aromatic rings. The molecule has 0 spiro atoms. The van der Waals surface area contributed by atoms with Crippen molar-refractivity contribution in [3.8, 4) is 0 Å². The molecule has 0 aliphatic heterocycles. The molecule has 0 N–H and O–H groups in total. The zero-order valence-corrected chi connectivity index (χ0v) is 18.5. The van der Waals surface area contributed by atoms with Gasteiger partial charge in [0.25, 0.3) is 5.91 Å². The third-order valence-electron chi connectivity index (χ3n) is 4.32. The Labute approximate surface area is 181 Å². The molecule has 1 aromatic carbocycles. The van der Waals surface area contributed by atoms with E-state index in [0.717, 1.165) is 17.1 Å². The second-order valence-corrected chi connectivity index (χ2v) is 7.97. The van der Waals surface area contributed by atoms with Crippen molar-refractivity contribution in [1.29, 1.82) is 0 Å². The van der Waals surface area contributed by atoms with Gasteiger partial charge in [0.1, 0.15) is 11.6 Å². The van der Waals surface area contributed by atoms with Crippen LogP contribution in [0.5, 0.6) is 0 Å². The van der Waals surface area contributed by atoms with Crippen LogP contribution in [-0.2, 0) is 23.6 Å². The zero-order chi connectivity index (χ0) is 21.5. The highest BCUT2D eigenvalue weighted by Gasteiger charge is 2.17. The Kier molecular flexibility index (Phi) is 7.48. The Balaban J connectivity index is 1.63. The van der Waals surface area contributed by atoms with Crippen molar-refractivity contribution in [2.45, 2.75) is 24.1 Å². The number of carbonyl (C=O) groups is 1. The van der Waals surface area contributed by atoms with Crippen LogP contribution in [0.25, 0.3) is 0 Å². The fraction of sp³-hybridized carbons (Fsp3) is 0.318. The normalized spacial score (nSPS) is 10.8. The van der Waals surface area contributed by atoms with E-state index >= 15 is 0 Å². The van der Waals surface area contributed by atoms with Gasteiger partial charge < -0.3 is 19.0 Å². The van der Waals surface area contributed by atoms with Gasteiger partial charge in [-0.05, 0) is 17.7 Å². The lowest BCUT2D eigenvalue weighted by Crippen LogP contribution is -2.25. The predicted octanol–water partition coefficient (Wildman–Crippen LogP) is 3.85. The van der Waals surface area contributed by atoms with Gasteiger partial charge in [0.2, 0.25) is 0 Å². The number of thioether (sulfide) groups is 1. The van der Waals surface area contributed by atoms with Crippen molar-refractivity contribution < 1.29 is 13.9 Å². The standard InChI is InChI=1S/C22H26N4O3S/c1-25(2)20-12-17(14-28-4)23-22(24-20)30-15-18-10-11-19(29-18)21(27)26(3)13-16-8-6-5-7-9-16/h5-12H,13-15H2,1-4H3. The monoisotopic (exact) mass is 426 g/mol. The van der Waals surface area contributed by atoms with Crippen molar-refractivity contribution in [3.63, 3.8) is 0 Å². The number of amides is 1. The van der Waals surface area contributed by atoms with Crippen LogP contribution in [0, 0.1) is 0 Å². The van der Waals surface area contributed by atoms with Gasteiger partial charge in [-0.25, -0.2) is 9.97 Å². The molecule has 0 bridgehead atoms. The molecule has 0 radical (unpaired) electrons. The van der Waals surface area contributed by atoms with Crippen LogP contribution in [-0.4, -0.2) is 49.0 Å². The number of methoxy groups -OCH3 is 1. The molecule has 0 saturated carbocycles. The minimum atomic E-state index is -0.150. The number of furan rings is 1. The second kappa shape index (κ2) is 10.3. The summed E-state index contributed by atoms with van der Waals surface area (Å²) in [5, 5.41) is 0.638. The van der Waals surface area contributed by atoms with E-state index in [-0.39, 0.29) is 5.91 Å². The predicted molar refractivity (Wildman–Crippen MR) is 118 cm³/mol. The van der Waals surface area contributed by atoms with Gasteiger partial charge in [-0.2, -0.15) is 0 Å². The van der Waals surface area contributed by atoms with Gasteiger partial charge in [-0.3, -0.25) is 4.79 Å². The van der Waals surface area contributed by atoms with E-state index in [9.17, 15) is 4.79 Å². The fourth-order valence-corrected chi connectivity index (χ4v) is 3.56. The molecule has 0 atom stereocenters. The van der Waals surface area contributed by atoms with Gasteiger partial charge in [-0.15, -0.1) is 0 Å². The summed E-state index contributed by atoms with van der Waals surface area (Å²) in [6.45, 7) is 0.946. The lowest BCUT2D eigenvalue weighted by Gasteiger charge is -2.15. The summed E-state index contributed by atoms with van der Waals surface area (Å²) < 4.78 is 11.0. The van der Waals surface area contributed by atoms with E-state index < -0.39 is 0 Å². The Morgan fingerprint density at radius 1 is 1.10 bits per heavy atom. The summed E-state index contributed by atoms with van der Waals surface area (Å²) >= 11 is 1.46. The Morgan fingerprint density at radius 3 is 2.57 bits per heavy atom. The van der Waals surface area contributed by atoms with Crippen LogP contribution in [0.15, 0.2) is 58.1 Å². The average Bonchev–Trinajstić information content (AvgIpc) is 3.21. The zero-order valence-electron chi connectivity index (χ0n) is 17.7. The summed E-state index contributed by atoms with van der Waals surface area (Å²) in [5.74, 6) is 2.22. The Morgan fingerprint density at radius 2 is 1.87 bits per heavy atom. The van der Waals surface area contributed by atoms with E-state index in [4.69, 9.17) is 9.15 Å². The molecule has 0 aliphatic rings. The molecule has 1 amide bonds. The first-order chi connectivity index (χ1) is 14.5. The average molecular weight is 427 g/mol. The highest BCUT2D eigenvalue weighted by molar-refractivity contribution is 7.98. The van der Waals surface area contributed by atoms with Crippen LogP contribution in [0.4, 0.5) is 5.82 Å². The molecule has 3 rings (SSSR count). The molecular weight excluding hydrogens is 400 g/mol. The minimum absolute atomic E-state index is 0.150. The van der Waals surface area contributed by atoms with E-state index in [1.54, 1.807) is 25.1 Å². The molecule has 2 heterocycles. The van der Waals surface area contributed by atoms with Crippen LogP contribution in [0.3, 0.4) is 0 Å². The van der Waals surface area contributed by atoms with Crippen molar-refractivity contribution in [2.24, 2.45) is 0 Å². The molecule has 7 nitrogen and oxygen atoms in total. The molecule has 0 unspecified atom stereocenters. The quantitative estimate of drug-likeness (QED) is 0.380. The first-order valence-electron chi connectivity index (χ1n) is 9.51. The van der Waals surface area contributed by atoms with E-state index in [1.165, 1.54) is 11.8 Å². The first-order valence-corrected chi connectivity index (χ1v) is 10.5. The minimum Gasteiger partial charge on any atom is -0.455 e. The van der Waals surface area contributed by atoms with Gasteiger partial charge >= 0.3 is 0 Å². The topological polar surface area (TPSA) is 71.7 Å². The number of carbonyl (C=O) groups excluding carboxylic acids is 1. The number of hydrogen-bond donors (Lipinski definition) is 0. The number of aromatic nitrogens is 2. The van der Waals surface area contributed by atoms with Crippen LogP contribution in [0.1, 0.15) is 27.6 Å². The lowest BCUT2D eigenvalue weighted by molar-refractivity contribution is 0.0752. The number of anilines is 1. The highest BCUT2D eigenvalue weighted by atomic mass is 32.2. The summed E-state index contributed by atoms with van der Waals surface area (Å²) in [4.78, 5) is 25.3. The lowest BCUT2D eigenvalue weighted by atomic mass is 10.2. The second-order valence-electron chi connectivity index (χ2n) is 7.03. The summed E-state index contributed by atoms with van der Waals surface area (Å²) in [6.07, 6.45) is 0. The third-order valence-corrected chi connectivity index (χ3v) is 5.19. The molecule has 0 fully saturated rings. The Bertz CT molecular complexity index is 976. The molecule has 0 saturated heterocycles. The maximum Gasteiger partial charge on any atom is 0.289 e. The molecular formula is C22H26N4O3S. The molecule has 0 aliphatic carbocycles. The van der Waals surface area contributed by atoms with E-state index in [1.807, 2.05) is 61.5 Å². The first kappa shape index (κ1) is 21.9. The number of benzene rings is 1. The summed E-state index contributed by atoms with van der Waals surface area (Å²) in [7, 11) is 7.28. The van der Waals surface area contributed by atoms with Crippen LogP contribution in [0.2, 0.25) is 0 Å².